The van der Waals surface area contributed by atoms with Gasteiger partial charge in [-0.25, -0.2) is 0 Å². The van der Waals surface area contributed by atoms with Crippen molar-refractivity contribution in [2.75, 3.05) is 0 Å². The van der Waals surface area contributed by atoms with E-state index in [1.165, 1.54) is 12.1 Å². The third-order valence-electron chi connectivity index (χ3n) is 2.31. The van der Waals surface area contributed by atoms with Gasteiger partial charge in [0.2, 0.25) is 0 Å². The second-order valence-electron chi connectivity index (χ2n) is 3.35. The summed E-state index contributed by atoms with van der Waals surface area (Å²) in [6.45, 7) is 1.84. The molecule has 0 radical (unpaired) electrons. The number of benzene rings is 1. The number of fused-ring (bicyclic) bond motifs is 1. The fraction of sp³-hybridized carbons (Fsp3) is 0.300. The van der Waals surface area contributed by atoms with Crippen LogP contribution in [0.25, 0.3) is 0 Å². The summed E-state index contributed by atoms with van der Waals surface area (Å²) in [7, 11) is 0. The summed E-state index contributed by atoms with van der Waals surface area (Å²) in [6.07, 6.45) is 0.585. The first-order valence-electron chi connectivity index (χ1n) is 4.31. The van der Waals surface area contributed by atoms with Gasteiger partial charge in [0.1, 0.15) is 5.50 Å². The molecule has 2 N–H and O–H groups in total. The number of rotatable bonds is 0. The summed E-state index contributed by atoms with van der Waals surface area (Å²) in [4.78, 5) is 4.18. The molecule has 1 aromatic carbocycles. The third-order valence-corrected chi connectivity index (χ3v) is 2.56. The molecule has 1 atom stereocenters. The van der Waals surface area contributed by atoms with Crippen LogP contribution < -0.4 is 0 Å². The molecule has 0 aromatic heterocycles. The van der Waals surface area contributed by atoms with Gasteiger partial charge in [0.15, 0.2) is 11.5 Å². The lowest BCUT2D eigenvalue weighted by Crippen LogP contribution is -2.14. The second kappa shape index (κ2) is 3.17. The Labute approximate surface area is 86.7 Å². The number of nitrogens with zero attached hydrogens (tertiary/aromatic N) is 1. The lowest BCUT2D eigenvalue weighted by molar-refractivity contribution is 0.403. The van der Waals surface area contributed by atoms with Crippen LogP contribution in [0.15, 0.2) is 17.1 Å². The molecule has 4 heteroatoms. The van der Waals surface area contributed by atoms with Gasteiger partial charge in [0.05, 0.1) is 0 Å². The largest absolute Gasteiger partial charge is 0.504 e. The van der Waals surface area contributed by atoms with Crippen molar-refractivity contribution in [3.8, 4) is 11.5 Å². The molecular formula is C10H10ClNO2. The second-order valence-corrected chi connectivity index (χ2v) is 3.85. The van der Waals surface area contributed by atoms with Crippen molar-refractivity contribution in [3.63, 3.8) is 0 Å². The van der Waals surface area contributed by atoms with Gasteiger partial charge < -0.3 is 10.2 Å². The summed E-state index contributed by atoms with van der Waals surface area (Å²) >= 11 is 5.90. The van der Waals surface area contributed by atoms with Crippen LogP contribution in [0.2, 0.25) is 0 Å². The topological polar surface area (TPSA) is 52.8 Å². The highest BCUT2D eigenvalue weighted by Gasteiger charge is 2.18. The van der Waals surface area contributed by atoms with Crippen molar-refractivity contribution >= 4 is 17.3 Å². The predicted octanol–water partition coefficient (Wildman–Crippen LogP) is 2.03. The minimum Gasteiger partial charge on any atom is -0.504 e. The Hall–Kier alpha value is -1.22. The van der Waals surface area contributed by atoms with Crippen molar-refractivity contribution in [3.05, 3.63) is 23.3 Å². The van der Waals surface area contributed by atoms with Crippen molar-refractivity contribution in [1.29, 1.82) is 0 Å². The first-order chi connectivity index (χ1) is 6.58. The van der Waals surface area contributed by atoms with Crippen molar-refractivity contribution in [2.24, 2.45) is 4.99 Å². The summed E-state index contributed by atoms with van der Waals surface area (Å²) in [6, 6.07) is 3.06. The van der Waals surface area contributed by atoms with Gasteiger partial charge >= 0.3 is 0 Å². The molecule has 1 heterocycles. The fourth-order valence-corrected chi connectivity index (χ4v) is 1.95. The molecule has 1 unspecified atom stereocenters. The lowest BCUT2D eigenvalue weighted by atomic mass is 9.97. The molecule has 0 bridgehead atoms. The molecule has 1 aliphatic heterocycles. The fourth-order valence-electron chi connectivity index (χ4n) is 1.63. The zero-order valence-electron chi connectivity index (χ0n) is 7.66. The average molecular weight is 212 g/mol. The van der Waals surface area contributed by atoms with E-state index < -0.39 is 0 Å². The van der Waals surface area contributed by atoms with E-state index in [0.29, 0.717) is 6.42 Å². The molecule has 0 saturated carbocycles. The molecule has 1 aliphatic rings. The molecule has 2 rings (SSSR count). The number of alkyl halides is 1. The first-order valence-corrected chi connectivity index (χ1v) is 4.75. The first kappa shape index (κ1) is 9.34. The highest BCUT2D eigenvalue weighted by Crippen LogP contribution is 2.32. The van der Waals surface area contributed by atoms with Crippen LogP contribution >= 0.6 is 11.6 Å². The Balaban J connectivity index is 2.59. The number of phenols is 2. The number of hydrogen-bond acceptors (Lipinski definition) is 3. The van der Waals surface area contributed by atoms with Gasteiger partial charge in [-0.15, -0.1) is 0 Å². The smallest absolute Gasteiger partial charge is 0.158 e. The maximum absolute atomic E-state index is 9.32. The number of hydrogen-bond donors (Lipinski definition) is 2. The molecule has 14 heavy (non-hydrogen) atoms. The van der Waals surface area contributed by atoms with Crippen molar-refractivity contribution in [2.45, 2.75) is 18.8 Å². The van der Waals surface area contributed by atoms with Crippen LogP contribution in [0.5, 0.6) is 11.5 Å². The van der Waals surface area contributed by atoms with E-state index in [4.69, 9.17) is 11.6 Å². The molecule has 0 aliphatic carbocycles. The zero-order chi connectivity index (χ0) is 10.3. The zero-order valence-corrected chi connectivity index (χ0v) is 8.41. The minimum absolute atomic E-state index is 0.109. The number of phenolic OH excluding ortho intramolecular Hbond substituents is 2. The Morgan fingerprint density at radius 3 is 2.71 bits per heavy atom. The van der Waals surface area contributed by atoms with Crippen LogP contribution in [-0.4, -0.2) is 21.4 Å². The monoisotopic (exact) mass is 211 g/mol. The van der Waals surface area contributed by atoms with E-state index in [-0.39, 0.29) is 17.0 Å². The number of aromatic hydroxyl groups is 2. The molecule has 0 fully saturated rings. The highest BCUT2D eigenvalue weighted by molar-refractivity contribution is 6.22. The van der Waals surface area contributed by atoms with Crippen LogP contribution in [-0.2, 0) is 6.42 Å². The Kier molecular flexibility index (Phi) is 2.11. The third kappa shape index (κ3) is 1.44. The Bertz CT molecular complexity index is 415. The van der Waals surface area contributed by atoms with Crippen molar-refractivity contribution in [1.82, 2.24) is 0 Å². The van der Waals surface area contributed by atoms with E-state index in [9.17, 15) is 10.2 Å². The summed E-state index contributed by atoms with van der Waals surface area (Å²) in [5.41, 5.74) is 2.30. The molecule has 0 saturated heterocycles. The molecular weight excluding hydrogens is 202 g/mol. The van der Waals surface area contributed by atoms with Gasteiger partial charge in [-0.2, -0.15) is 0 Å². The van der Waals surface area contributed by atoms with E-state index in [2.05, 4.69) is 4.99 Å². The molecule has 1 aromatic rings. The van der Waals surface area contributed by atoms with Gasteiger partial charge in [0, 0.05) is 17.7 Å². The Morgan fingerprint density at radius 1 is 1.36 bits per heavy atom. The maximum atomic E-state index is 9.32. The lowest BCUT2D eigenvalue weighted by Gasteiger charge is -2.18. The predicted molar refractivity (Wildman–Crippen MR) is 55.3 cm³/mol. The Morgan fingerprint density at radius 2 is 2.00 bits per heavy atom. The normalized spacial score (nSPS) is 20.1. The van der Waals surface area contributed by atoms with Gasteiger partial charge in [-0.1, -0.05) is 11.6 Å². The number of halogens is 1. The van der Waals surface area contributed by atoms with Crippen LogP contribution in [0, 0.1) is 0 Å². The summed E-state index contributed by atoms with van der Waals surface area (Å²) in [5, 5.41) is 18.6. The quantitative estimate of drug-likeness (QED) is 0.392. The van der Waals surface area contributed by atoms with Crippen LogP contribution in [0.4, 0.5) is 0 Å². The molecule has 74 valence electrons. The standard InChI is InChI=1S/C10H10ClNO2/c1-5-7-4-9(14)8(13)2-6(7)3-10(11)12-5/h2,4,10,13-14H,3H2,1H3. The number of aliphatic imine (C=N–C) groups is 1. The summed E-state index contributed by atoms with van der Waals surface area (Å²) < 4.78 is 0. The van der Waals surface area contributed by atoms with Crippen molar-refractivity contribution < 1.29 is 10.2 Å². The molecule has 0 spiro atoms. The van der Waals surface area contributed by atoms with E-state index in [1.807, 2.05) is 6.92 Å². The summed E-state index contributed by atoms with van der Waals surface area (Å²) in [5.74, 6) is -0.228. The molecule has 3 nitrogen and oxygen atoms in total. The van der Waals surface area contributed by atoms with E-state index >= 15 is 0 Å². The highest BCUT2D eigenvalue weighted by atomic mass is 35.5. The minimum atomic E-state index is -0.272. The van der Waals surface area contributed by atoms with Crippen LogP contribution in [0.3, 0.4) is 0 Å². The van der Waals surface area contributed by atoms with Gasteiger partial charge in [-0.05, 0) is 24.6 Å². The SMILES string of the molecule is CC1=NC(Cl)Cc2cc(O)c(O)cc21. The van der Waals surface area contributed by atoms with Crippen LogP contribution in [0.1, 0.15) is 18.1 Å². The maximum Gasteiger partial charge on any atom is 0.158 e. The van der Waals surface area contributed by atoms with Gasteiger partial charge in [0.25, 0.3) is 0 Å². The van der Waals surface area contributed by atoms with E-state index in [0.717, 1.165) is 16.8 Å². The van der Waals surface area contributed by atoms with E-state index in [1.54, 1.807) is 0 Å². The average Bonchev–Trinajstić information content (AvgIpc) is 2.08. The van der Waals surface area contributed by atoms with Gasteiger partial charge in [-0.3, -0.25) is 4.99 Å². The molecule has 0 amide bonds.